The van der Waals surface area contributed by atoms with Crippen molar-refractivity contribution in [3.8, 4) is 5.88 Å². The molecule has 1 heterocycles. The van der Waals surface area contributed by atoms with Crippen molar-refractivity contribution < 1.29 is 4.74 Å². The van der Waals surface area contributed by atoms with Crippen molar-refractivity contribution in [2.45, 2.75) is 52.4 Å². The quantitative estimate of drug-likeness (QED) is 0.646. The summed E-state index contributed by atoms with van der Waals surface area (Å²) in [6, 6.07) is 0. The first-order valence-electron chi connectivity index (χ1n) is 7.16. The maximum atomic E-state index is 5.69. The Balaban J connectivity index is 2.27. The molecule has 1 N–H and O–H groups in total. The lowest BCUT2D eigenvalue weighted by Gasteiger charge is -2.10. The molecular formula is C14H24BrN3O. The number of unbranched alkanes of at least 4 members (excludes halogenated alkanes) is 5. The Morgan fingerprint density at radius 3 is 2.58 bits per heavy atom. The molecule has 4 nitrogen and oxygen atoms in total. The normalized spacial score (nSPS) is 10.5. The van der Waals surface area contributed by atoms with Gasteiger partial charge in [0, 0.05) is 6.54 Å². The minimum Gasteiger partial charge on any atom is -0.477 e. The maximum Gasteiger partial charge on any atom is 0.233 e. The van der Waals surface area contributed by atoms with Crippen LogP contribution in [0.2, 0.25) is 0 Å². The molecule has 0 saturated carbocycles. The summed E-state index contributed by atoms with van der Waals surface area (Å²) >= 11 is 3.47. The number of halogens is 1. The van der Waals surface area contributed by atoms with Gasteiger partial charge in [0.15, 0.2) is 0 Å². The molecule has 19 heavy (non-hydrogen) atoms. The zero-order valence-electron chi connectivity index (χ0n) is 11.9. The number of aromatic nitrogens is 2. The van der Waals surface area contributed by atoms with E-state index in [9.17, 15) is 0 Å². The minimum atomic E-state index is 0.625. The zero-order valence-corrected chi connectivity index (χ0v) is 13.5. The third-order valence-electron chi connectivity index (χ3n) is 2.84. The van der Waals surface area contributed by atoms with Crippen molar-refractivity contribution in [2.24, 2.45) is 0 Å². The Bertz CT molecular complexity index is 361. The minimum absolute atomic E-state index is 0.625. The summed E-state index contributed by atoms with van der Waals surface area (Å²) in [6.07, 6.45) is 9.09. The van der Waals surface area contributed by atoms with Gasteiger partial charge in [-0.25, -0.2) is 9.97 Å². The van der Waals surface area contributed by atoms with E-state index in [0.29, 0.717) is 12.5 Å². The predicted molar refractivity (Wildman–Crippen MR) is 82.8 cm³/mol. The number of ether oxygens (including phenoxy) is 1. The van der Waals surface area contributed by atoms with E-state index in [2.05, 4.69) is 38.1 Å². The molecule has 0 spiro atoms. The number of nitrogens with zero attached hydrogens (tertiary/aromatic N) is 2. The Labute approximate surface area is 124 Å². The molecule has 0 bridgehead atoms. The second-order valence-electron chi connectivity index (χ2n) is 4.49. The van der Waals surface area contributed by atoms with Crippen LogP contribution < -0.4 is 10.1 Å². The molecule has 0 fully saturated rings. The first-order chi connectivity index (χ1) is 9.29. The van der Waals surface area contributed by atoms with Gasteiger partial charge in [0.25, 0.3) is 0 Å². The van der Waals surface area contributed by atoms with Gasteiger partial charge in [-0.2, -0.15) is 0 Å². The Kier molecular flexibility index (Phi) is 8.54. The molecule has 0 amide bonds. The second kappa shape index (κ2) is 10.0. The van der Waals surface area contributed by atoms with Crippen LogP contribution in [-0.4, -0.2) is 23.1 Å². The van der Waals surface area contributed by atoms with Crippen LogP contribution in [0.1, 0.15) is 52.4 Å². The van der Waals surface area contributed by atoms with E-state index in [0.717, 1.165) is 23.3 Å². The van der Waals surface area contributed by atoms with Crippen LogP contribution in [0, 0.1) is 0 Å². The average Bonchev–Trinajstić information content (AvgIpc) is 2.42. The molecule has 108 valence electrons. The van der Waals surface area contributed by atoms with Crippen molar-refractivity contribution >= 4 is 21.7 Å². The van der Waals surface area contributed by atoms with Gasteiger partial charge in [-0.05, 0) is 29.3 Å². The van der Waals surface area contributed by atoms with Crippen LogP contribution in [-0.2, 0) is 0 Å². The highest BCUT2D eigenvalue weighted by Gasteiger charge is 2.08. The molecule has 0 radical (unpaired) electrons. The van der Waals surface area contributed by atoms with Crippen molar-refractivity contribution in [1.82, 2.24) is 9.97 Å². The fourth-order valence-electron chi connectivity index (χ4n) is 1.80. The molecule has 5 heteroatoms. The van der Waals surface area contributed by atoms with Crippen molar-refractivity contribution in [3.63, 3.8) is 0 Å². The van der Waals surface area contributed by atoms with E-state index in [1.165, 1.54) is 38.4 Å². The van der Waals surface area contributed by atoms with E-state index in [4.69, 9.17) is 4.74 Å². The smallest absolute Gasteiger partial charge is 0.233 e. The lowest BCUT2D eigenvalue weighted by Crippen LogP contribution is -2.05. The largest absolute Gasteiger partial charge is 0.477 e. The van der Waals surface area contributed by atoms with E-state index < -0.39 is 0 Å². The highest BCUT2D eigenvalue weighted by molar-refractivity contribution is 9.10. The molecule has 0 atom stereocenters. The van der Waals surface area contributed by atoms with Gasteiger partial charge in [-0.3, -0.25) is 0 Å². The number of hydrogen-bond acceptors (Lipinski definition) is 4. The van der Waals surface area contributed by atoms with E-state index in [1.807, 2.05) is 6.92 Å². The fourth-order valence-corrected chi connectivity index (χ4v) is 2.26. The van der Waals surface area contributed by atoms with Crippen LogP contribution >= 0.6 is 15.9 Å². The third-order valence-corrected chi connectivity index (χ3v) is 3.55. The summed E-state index contributed by atoms with van der Waals surface area (Å²) in [5.74, 6) is 1.41. The van der Waals surface area contributed by atoms with Crippen LogP contribution in [0.3, 0.4) is 0 Å². The summed E-state index contributed by atoms with van der Waals surface area (Å²) in [5, 5.41) is 3.16. The molecule has 0 aliphatic heterocycles. The molecule has 0 aliphatic rings. The first kappa shape index (κ1) is 16.2. The predicted octanol–water partition coefficient (Wildman–Crippen LogP) is 4.41. The summed E-state index contributed by atoms with van der Waals surface area (Å²) < 4.78 is 6.50. The number of rotatable bonds is 10. The van der Waals surface area contributed by atoms with Gasteiger partial charge in [0.05, 0.1) is 6.61 Å². The molecule has 0 aliphatic carbocycles. The number of hydrogen-bond donors (Lipinski definition) is 1. The molecular weight excluding hydrogens is 306 g/mol. The van der Waals surface area contributed by atoms with Gasteiger partial charge < -0.3 is 10.1 Å². The zero-order chi connectivity index (χ0) is 13.9. The highest BCUT2D eigenvalue weighted by Crippen LogP contribution is 2.28. The van der Waals surface area contributed by atoms with Gasteiger partial charge in [-0.15, -0.1) is 0 Å². The molecule has 0 saturated heterocycles. The molecule has 0 unspecified atom stereocenters. The molecule has 1 aromatic rings. The van der Waals surface area contributed by atoms with Crippen molar-refractivity contribution in [2.75, 3.05) is 18.5 Å². The number of nitrogens with one attached hydrogen (secondary N) is 1. The molecule has 0 aromatic carbocycles. The fraction of sp³-hybridized carbons (Fsp3) is 0.714. The Hall–Kier alpha value is -0.840. The van der Waals surface area contributed by atoms with Crippen molar-refractivity contribution in [1.29, 1.82) is 0 Å². The van der Waals surface area contributed by atoms with Gasteiger partial charge in [0.2, 0.25) is 5.88 Å². The summed E-state index contributed by atoms with van der Waals surface area (Å²) in [7, 11) is 0. The van der Waals surface area contributed by atoms with Gasteiger partial charge in [0.1, 0.15) is 16.6 Å². The summed E-state index contributed by atoms with van der Waals surface area (Å²) in [5.41, 5.74) is 0. The van der Waals surface area contributed by atoms with Crippen LogP contribution in [0.4, 0.5) is 5.82 Å². The van der Waals surface area contributed by atoms with Gasteiger partial charge in [-0.1, -0.05) is 39.0 Å². The first-order valence-corrected chi connectivity index (χ1v) is 7.96. The number of anilines is 1. The van der Waals surface area contributed by atoms with Crippen LogP contribution in [0.15, 0.2) is 10.8 Å². The molecule has 1 aromatic heterocycles. The lowest BCUT2D eigenvalue weighted by molar-refractivity contribution is 0.291. The monoisotopic (exact) mass is 329 g/mol. The van der Waals surface area contributed by atoms with E-state index >= 15 is 0 Å². The van der Waals surface area contributed by atoms with E-state index in [1.54, 1.807) is 0 Å². The third kappa shape index (κ3) is 6.23. The summed E-state index contributed by atoms with van der Waals surface area (Å²) in [4.78, 5) is 8.31. The SMILES string of the molecule is CCCCCCCCOc1ncnc(NCC)c1Br. The maximum absolute atomic E-state index is 5.69. The van der Waals surface area contributed by atoms with E-state index in [-0.39, 0.29) is 0 Å². The Morgan fingerprint density at radius 2 is 1.84 bits per heavy atom. The highest BCUT2D eigenvalue weighted by atomic mass is 79.9. The average molecular weight is 330 g/mol. The van der Waals surface area contributed by atoms with Crippen LogP contribution in [0.25, 0.3) is 0 Å². The Morgan fingerprint density at radius 1 is 1.11 bits per heavy atom. The van der Waals surface area contributed by atoms with Crippen molar-refractivity contribution in [3.05, 3.63) is 10.8 Å². The van der Waals surface area contributed by atoms with Crippen LogP contribution in [0.5, 0.6) is 5.88 Å². The van der Waals surface area contributed by atoms with Gasteiger partial charge >= 0.3 is 0 Å². The summed E-state index contributed by atoms with van der Waals surface area (Å²) in [6.45, 7) is 5.81. The standard InChI is InChI=1S/C14H24BrN3O/c1-3-5-6-7-8-9-10-19-14-12(15)13(16-4-2)17-11-18-14/h11H,3-10H2,1-2H3,(H,16,17,18). The topological polar surface area (TPSA) is 47.0 Å². The lowest BCUT2D eigenvalue weighted by atomic mass is 10.1. The molecule has 1 rings (SSSR count). The second-order valence-corrected chi connectivity index (χ2v) is 5.28.